The highest BCUT2D eigenvalue weighted by Crippen LogP contribution is 2.46. The first-order chi connectivity index (χ1) is 22.3. The summed E-state index contributed by atoms with van der Waals surface area (Å²) in [6, 6.07) is 19.5. The number of hydrogen-bond donors (Lipinski definition) is 1. The Morgan fingerprint density at radius 1 is 0.848 bits per heavy atom. The molecule has 0 aliphatic heterocycles. The van der Waals surface area contributed by atoms with E-state index in [4.69, 9.17) is 18.9 Å². The molecule has 46 heavy (non-hydrogen) atoms. The summed E-state index contributed by atoms with van der Waals surface area (Å²) >= 11 is 1.20. The maximum Gasteiger partial charge on any atom is 0.330 e. The van der Waals surface area contributed by atoms with E-state index in [9.17, 15) is 19.1 Å². The van der Waals surface area contributed by atoms with E-state index in [-0.39, 0.29) is 23.6 Å². The SMILES string of the molecule is C=CC(=O)OCCCCCCOc1ccc(SC(=O)c2ccc3c(c2)C(C)c2cc(OCCCCOC(O)C(=C)F)ccc2-3)cc1. The molecule has 0 amide bonds. The van der Waals surface area contributed by atoms with Gasteiger partial charge < -0.3 is 24.1 Å². The minimum absolute atomic E-state index is 0.0188. The maximum absolute atomic E-state index is 13.2. The fourth-order valence-electron chi connectivity index (χ4n) is 5.12. The molecule has 0 heterocycles. The molecule has 1 N–H and O–H groups in total. The normalized spacial score (nSPS) is 13.8. The van der Waals surface area contributed by atoms with Crippen molar-refractivity contribution < 1.29 is 38.0 Å². The molecule has 4 rings (SSSR count). The lowest BCUT2D eigenvalue weighted by Crippen LogP contribution is -2.13. The number of unbranched alkanes of at least 4 members (excludes halogenated alkanes) is 4. The van der Waals surface area contributed by atoms with Gasteiger partial charge >= 0.3 is 5.97 Å². The molecule has 1 aliphatic rings. The molecule has 1 aliphatic carbocycles. The van der Waals surface area contributed by atoms with E-state index in [0.29, 0.717) is 38.2 Å². The van der Waals surface area contributed by atoms with Crippen LogP contribution in [0.3, 0.4) is 0 Å². The van der Waals surface area contributed by atoms with Gasteiger partial charge in [0.25, 0.3) is 0 Å². The number of aliphatic hydroxyl groups excluding tert-OH is 1. The summed E-state index contributed by atoms with van der Waals surface area (Å²) in [4.78, 5) is 25.1. The molecule has 2 atom stereocenters. The monoisotopic (exact) mass is 648 g/mol. The van der Waals surface area contributed by atoms with E-state index in [0.717, 1.165) is 64.3 Å². The van der Waals surface area contributed by atoms with Gasteiger partial charge in [-0.15, -0.1) is 0 Å². The summed E-state index contributed by atoms with van der Waals surface area (Å²) in [6.07, 6.45) is 4.57. The lowest BCUT2D eigenvalue weighted by Gasteiger charge is -2.11. The first-order valence-corrected chi connectivity index (χ1v) is 16.4. The van der Waals surface area contributed by atoms with Crippen molar-refractivity contribution in [3.05, 3.63) is 102 Å². The molecular weight excluding hydrogens is 607 g/mol. The smallest absolute Gasteiger partial charge is 0.330 e. The van der Waals surface area contributed by atoms with Gasteiger partial charge in [-0.1, -0.05) is 32.2 Å². The third-order valence-corrected chi connectivity index (χ3v) is 8.57. The third-order valence-electron chi connectivity index (χ3n) is 7.64. The molecule has 0 saturated heterocycles. The number of fused-ring (bicyclic) bond motifs is 3. The van der Waals surface area contributed by atoms with E-state index in [2.05, 4.69) is 32.2 Å². The second-order valence-electron chi connectivity index (χ2n) is 11.0. The van der Waals surface area contributed by atoms with Gasteiger partial charge in [-0.25, -0.2) is 9.18 Å². The zero-order valence-electron chi connectivity index (χ0n) is 26.2. The van der Waals surface area contributed by atoms with Gasteiger partial charge in [0.2, 0.25) is 11.4 Å². The molecule has 0 bridgehead atoms. The molecule has 7 nitrogen and oxygen atoms in total. The van der Waals surface area contributed by atoms with Gasteiger partial charge in [0, 0.05) is 22.5 Å². The first-order valence-electron chi connectivity index (χ1n) is 15.6. The molecule has 3 aromatic carbocycles. The predicted molar refractivity (Wildman–Crippen MR) is 178 cm³/mol. The number of carbonyl (C=O) groups excluding carboxylic acids is 2. The van der Waals surface area contributed by atoms with Gasteiger partial charge in [0.15, 0.2) is 0 Å². The summed E-state index contributed by atoms with van der Waals surface area (Å²) in [7, 11) is 0. The Balaban J connectivity index is 1.21. The van der Waals surface area contributed by atoms with E-state index in [1.165, 1.54) is 17.8 Å². The Kier molecular flexibility index (Phi) is 13.4. The molecule has 3 aromatic rings. The largest absolute Gasteiger partial charge is 0.494 e. The van der Waals surface area contributed by atoms with Crippen molar-refractivity contribution in [3.8, 4) is 22.6 Å². The van der Waals surface area contributed by atoms with Crippen LogP contribution in [0.25, 0.3) is 11.1 Å². The summed E-state index contributed by atoms with van der Waals surface area (Å²) in [5.74, 6) is 0.347. The topological polar surface area (TPSA) is 91.3 Å². The van der Waals surface area contributed by atoms with Crippen molar-refractivity contribution in [3.63, 3.8) is 0 Å². The van der Waals surface area contributed by atoms with Crippen LogP contribution in [0.2, 0.25) is 0 Å². The van der Waals surface area contributed by atoms with Crippen molar-refractivity contribution >= 4 is 22.8 Å². The van der Waals surface area contributed by atoms with Crippen LogP contribution in [-0.4, -0.2) is 48.9 Å². The molecule has 0 aromatic heterocycles. The van der Waals surface area contributed by atoms with E-state index in [1.807, 2.05) is 48.5 Å². The quantitative estimate of drug-likeness (QED) is 0.0456. The molecule has 9 heteroatoms. The Labute approximate surface area is 274 Å². The van der Waals surface area contributed by atoms with Crippen LogP contribution in [0.4, 0.5) is 4.39 Å². The van der Waals surface area contributed by atoms with Crippen molar-refractivity contribution in [2.45, 2.75) is 62.6 Å². The minimum Gasteiger partial charge on any atom is -0.494 e. The first kappa shape index (κ1) is 34.9. The number of thioether (sulfide) groups is 1. The summed E-state index contributed by atoms with van der Waals surface area (Å²) in [5, 5.41) is 9.26. The predicted octanol–water partition coefficient (Wildman–Crippen LogP) is 8.40. The van der Waals surface area contributed by atoms with E-state index < -0.39 is 12.1 Å². The van der Waals surface area contributed by atoms with Gasteiger partial charge in [-0.05, 0) is 121 Å². The highest BCUT2D eigenvalue weighted by atomic mass is 32.2. The van der Waals surface area contributed by atoms with Crippen LogP contribution >= 0.6 is 11.8 Å². The Morgan fingerprint density at radius 2 is 1.43 bits per heavy atom. The van der Waals surface area contributed by atoms with Crippen LogP contribution < -0.4 is 9.47 Å². The maximum atomic E-state index is 13.2. The van der Waals surface area contributed by atoms with Crippen LogP contribution in [-0.2, 0) is 14.3 Å². The zero-order chi connectivity index (χ0) is 32.9. The lowest BCUT2D eigenvalue weighted by atomic mass is 9.98. The highest BCUT2D eigenvalue weighted by Gasteiger charge is 2.27. The third kappa shape index (κ3) is 10.0. The Morgan fingerprint density at radius 3 is 2.13 bits per heavy atom. The van der Waals surface area contributed by atoms with Gasteiger partial charge in [-0.2, -0.15) is 0 Å². The molecule has 0 fully saturated rings. The molecule has 0 radical (unpaired) electrons. The highest BCUT2D eigenvalue weighted by molar-refractivity contribution is 8.14. The summed E-state index contributed by atoms with van der Waals surface area (Å²) < 4.78 is 34.4. The summed E-state index contributed by atoms with van der Waals surface area (Å²) in [5.41, 5.74) is 5.19. The average Bonchev–Trinajstić information content (AvgIpc) is 3.34. The molecular formula is C37H41FO7S. The number of carbonyl (C=O) groups is 2. The number of hydrogen-bond acceptors (Lipinski definition) is 8. The number of halogens is 1. The fourth-order valence-corrected chi connectivity index (χ4v) is 5.85. The molecule has 244 valence electrons. The number of esters is 1. The van der Waals surface area contributed by atoms with Crippen molar-refractivity contribution in [2.24, 2.45) is 0 Å². The minimum atomic E-state index is -1.58. The van der Waals surface area contributed by atoms with Crippen LogP contribution in [0.5, 0.6) is 11.5 Å². The zero-order valence-corrected chi connectivity index (χ0v) is 27.0. The molecule has 0 spiro atoms. The van der Waals surface area contributed by atoms with Crippen molar-refractivity contribution in [2.75, 3.05) is 26.4 Å². The number of rotatable bonds is 19. The van der Waals surface area contributed by atoms with E-state index in [1.54, 1.807) is 0 Å². The van der Waals surface area contributed by atoms with Crippen LogP contribution in [0.1, 0.15) is 72.9 Å². The Bertz CT molecular complexity index is 1500. The van der Waals surface area contributed by atoms with Gasteiger partial charge in [0.05, 0.1) is 26.4 Å². The van der Waals surface area contributed by atoms with Crippen LogP contribution in [0.15, 0.2) is 90.6 Å². The van der Waals surface area contributed by atoms with Crippen molar-refractivity contribution in [1.29, 1.82) is 0 Å². The number of ether oxygens (including phenoxy) is 4. The summed E-state index contributed by atoms with van der Waals surface area (Å²) in [6.45, 7) is 10.2. The van der Waals surface area contributed by atoms with Gasteiger partial charge in [0.1, 0.15) is 17.3 Å². The number of aliphatic hydroxyl groups is 1. The Hall–Kier alpha value is -3.92. The number of benzene rings is 3. The van der Waals surface area contributed by atoms with Crippen molar-refractivity contribution in [1.82, 2.24) is 0 Å². The van der Waals surface area contributed by atoms with Crippen LogP contribution in [0, 0.1) is 0 Å². The average molecular weight is 649 g/mol. The van der Waals surface area contributed by atoms with E-state index >= 15 is 0 Å². The van der Waals surface area contributed by atoms with Gasteiger partial charge in [-0.3, -0.25) is 4.79 Å². The second-order valence-corrected chi connectivity index (χ2v) is 12.0. The second kappa shape index (κ2) is 17.7. The molecule has 2 unspecified atom stereocenters. The molecule has 0 saturated carbocycles. The lowest BCUT2D eigenvalue weighted by molar-refractivity contribution is -0.137. The fraction of sp³-hybridized carbons (Fsp3) is 0.351. The standard InChI is InChI=1S/C37H41FO7S/c1-4-35(39)44-21-8-6-5-7-19-42-28-12-15-30(16-13-28)46-37(41)27-11-17-31-32-18-14-29(24-34(32)25(2)33(31)23-27)43-20-9-10-22-45-36(40)26(3)38/h4,11-18,23-25,36,40H,1,3,5-10,19-22H2,2H3.